The molecule has 16 heavy (non-hydrogen) atoms. The monoisotopic (exact) mass is 225 g/mol. The van der Waals surface area contributed by atoms with E-state index in [2.05, 4.69) is 31.0 Å². The minimum atomic E-state index is 0.126. The molecule has 0 bridgehead atoms. The average molecular weight is 225 g/mol. The first-order chi connectivity index (χ1) is 7.48. The Morgan fingerprint density at radius 2 is 2.06 bits per heavy atom. The molecule has 2 amide bonds. The maximum atomic E-state index is 11.6. The number of amides is 2. The van der Waals surface area contributed by atoms with Crippen LogP contribution in [0.5, 0.6) is 0 Å². The van der Waals surface area contributed by atoms with E-state index >= 15 is 0 Å². The largest absolute Gasteiger partial charge is 0.336 e. The van der Waals surface area contributed by atoms with E-state index in [0.717, 1.165) is 32.6 Å². The number of carbonyl (C=O) groups is 1. The molecular weight excluding hydrogens is 202 g/mol. The van der Waals surface area contributed by atoms with Crippen LogP contribution in [0.25, 0.3) is 0 Å². The van der Waals surface area contributed by atoms with E-state index < -0.39 is 0 Å². The lowest BCUT2D eigenvalue weighted by atomic mass is 9.97. The molecule has 2 heterocycles. The molecule has 0 spiro atoms. The highest BCUT2D eigenvalue weighted by Gasteiger charge is 2.34. The van der Waals surface area contributed by atoms with Gasteiger partial charge in [-0.1, -0.05) is 0 Å². The quantitative estimate of drug-likeness (QED) is 0.729. The van der Waals surface area contributed by atoms with Gasteiger partial charge in [0.15, 0.2) is 0 Å². The van der Waals surface area contributed by atoms with Gasteiger partial charge >= 0.3 is 6.03 Å². The van der Waals surface area contributed by atoms with Gasteiger partial charge in [0.1, 0.15) is 0 Å². The van der Waals surface area contributed by atoms with Crippen LogP contribution in [0.3, 0.4) is 0 Å². The highest BCUT2D eigenvalue weighted by molar-refractivity contribution is 5.76. The highest BCUT2D eigenvalue weighted by Crippen LogP contribution is 2.23. The van der Waals surface area contributed by atoms with Crippen LogP contribution in [0.1, 0.15) is 33.6 Å². The minimum absolute atomic E-state index is 0.126. The number of carbonyl (C=O) groups excluding carboxylic acids is 1. The van der Waals surface area contributed by atoms with Gasteiger partial charge in [0, 0.05) is 31.2 Å². The zero-order chi connectivity index (χ0) is 11.8. The summed E-state index contributed by atoms with van der Waals surface area (Å²) in [7, 11) is 0. The summed E-state index contributed by atoms with van der Waals surface area (Å²) in [6.07, 6.45) is 2.35. The topological polar surface area (TPSA) is 35.6 Å². The van der Waals surface area contributed by atoms with Gasteiger partial charge in [0.2, 0.25) is 0 Å². The van der Waals surface area contributed by atoms with Gasteiger partial charge in [-0.3, -0.25) is 4.90 Å². The van der Waals surface area contributed by atoms with Gasteiger partial charge in [-0.25, -0.2) is 4.79 Å². The Morgan fingerprint density at radius 1 is 1.31 bits per heavy atom. The number of hydrogen-bond acceptors (Lipinski definition) is 2. The molecule has 0 saturated carbocycles. The van der Waals surface area contributed by atoms with Crippen molar-refractivity contribution in [3.8, 4) is 0 Å². The molecule has 0 aromatic carbocycles. The van der Waals surface area contributed by atoms with E-state index in [1.54, 1.807) is 0 Å². The van der Waals surface area contributed by atoms with Crippen molar-refractivity contribution in [2.24, 2.45) is 0 Å². The highest BCUT2D eigenvalue weighted by atomic mass is 16.2. The molecule has 0 aromatic heterocycles. The van der Waals surface area contributed by atoms with Crippen molar-refractivity contribution in [1.82, 2.24) is 15.1 Å². The van der Waals surface area contributed by atoms with E-state index in [-0.39, 0.29) is 11.6 Å². The van der Waals surface area contributed by atoms with E-state index in [1.807, 2.05) is 4.90 Å². The van der Waals surface area contributed by atoms with Crippen LogP contribution in [0.15, 0.2) is 0 Å². The van der Waals surface area contributed by atoms with E-state index in [1.165, 1.54) is 6.42 Å². The molecule has 0 aliphatic carbocycles. The summed E-state index contributed by atoms with van der Waals surface area (Å²) in [5, 5.41) is 2.89. The van der Waals surface area contributed by atoms with Gasteiger partial charge in [-0.15, -0.1) is 0 Å². The molecule has 2 fully saturated rings. The van der Waals surface area contributed by atoms with Crippen LogP contribution >= 0.6 is 0 Å². The zero-order valence-electron chi connectivity index (χ0n) is 10.6. The Kier molecular flexibility index (Phi) is 3.10. The van der Waals surface area contributed by atoms with Crippen molar-refractivity contribution in [2.45, 2.75) is 45.2 Å². The van der Waals surface area contributed by atoms with E-state index in [0.29, 0.717) is 6.04 Å². The molecule has 2 aliphatic heterocycles. The lowest BCUT2D eigenvalue weighted by Gasteiger charge is -2.43. The fourth-order valence-electron chi connectivity index (χ4n) is 2.65. The zero-order valence-corrected chi connectivity index (χ0v) is 10.6. The Labute approximate surface area is 98.0 Å². The summed E-state index contributed by atoms with van der Waals surface area (Å²) in [5.41, 5.74) is 0.217. The van der Waals surface area contributed by atoms with Gasteiger partial charge in [0.25, 0.3) is 0 Å². The van der Waals surface area contributed by atoms with Crippen LogP contribution in [-0.4, -0.2) is 53.6 Å². The molecular formula is C12H23N3O. The predicted molar refractivity (Wildman–Crippen MR) is 64.5 cm³/mol. The fraction of sp³-hybridized carbons (Fsp3) is 0.917. The normalized spacial score (nSPS) is 28.3. The minimum Gasteiger partial charge on any atom is -0.336 e. The van der Waals surface area contributed by atoms with Crippen molar-refractivity contribution < 1.29 is 4.79 Å². The third-order valence-electron chi connectivity index (χ3n) is 3.68. The van der Waals surface area contributed by atoms with Gasteiger partial charge in [0.05, 0.1) is 0 Å². The molecule has 2 rings (SSSR count). The Bertz CT molecular complexity index is 272. The number of hydrogen-bond donors (Lipinski definition) is 1. The molecule has 0 radical (unpaired) electrons. The number of piperidine rings is 1. The summed E-state index contributed by atoms with van der Waals surface area (Å²) in [4.78, 5) is 16.1. The first kappa shape index (κ1) is 11.7. The second-order valence-electron chi connectivity index (χ2n) is 5.84. The van der Waals surface area contributed by atoms with Crippen LogP contribution in [0.2, 0.25) is 0 Å². The third-order valence-corrected chi connectivity index (χ3v) is 3.68. The molecule has 0 unspecified atom stereocenters. The molecule has 2 saturated heterocycles. The SMILES string of the molecule is CC(C)(C)N1CCC[C@H](N2CCNC2=O)C1. The summed E-state index contributed by atoms with van der Waals surface area (Å²) in [6.45, 7) is 10.6. The number of urea groups is 1. The molecule has 2 aliphatic rings. The molecule has 1 N–H and O–H groups in total. The van der Waals surface area contributed by atoms with E-state index in [4.69, 9.17) is 0 Å². The average Bonchev–Trinajstić information content (AvgIpc) is 2.63. The van der Waals surface area contributed by atoms with Crippen LogP contribution in [-0.2, 0) is 0 Å². The standard InChI is InChI=1S/C12H23N3O/c1-12(2,3)14-7-4-5-10(9-14)15-8-6-13-11(15)16/h10H,4-9H2,1-3H3,(H,13,16)/t10-/m0/s1. The van der Waals surface area contributed by atoms with Crippen LogP contribution < -0.4 is 5.32 Å². The van der Waals surface area contributed by atoms with Crippen molar-refractivity contribution in [1.29, 1.82) is 0 Å². The van der Waals surface area contributed by atoms with Crippen molar-refractivity contribution in [3.05, 3.63) is 0 Å². The van der Waals surface area contributed by atoms with Gasteiger partial charge in [-0.05, 0) is 40.2 Å². The number of likely N-dealkylation sites (tertiary alicyclic amines) is 1. The van der Waals surface area contributed by atoms with Crippen molar-refractivity contribution in [2.75, 3.05) is 26.2 Å². The van der Waals surface area contributed by atoms with Crippen LogP contribution in [0.4, 0.5) is 4.79 Å². The number of rotatable bonds is 1. The van der Waals surface area contributed by atoms with Gasteiger partial charge in [-0.2, -0.15) is 0 Å². The van der Waals surface area contributed by atoms with Crippen LogP contribution in [0, 0.1) is 0 Å². The summed E-state index contributed by atoms with van der Waals surface area (Å²) in [6, 6.07) is 0.538. The fourth-order valence-corrected chi connectivity index (χ4v) is 2.65. The first-order valence-corrected chi connectivity index (χ1v) is 6.28. The summed E-state index contributed by atoms with van der Waals surface area (Å²) in [5.74, 6) is 0. The Morgan fingerprint density at radius 3 is 2.62 bits per heavy atom. The molecule has 92 valence electrons. The summed E-state index contributed by atoms with van der Waals surface area (Å²) >= 11 is 0. The predicted octanol–water partition coefficient (Wildman–Crippen LogP) is 1.27. The Balaban J connectivity index is 1.99. The van der Waals surface area contributed by atoms with Gasteiger partial charge < -0.3 is 10.2 Å². The second-order valence-corrected chi connectivity index (χ2v) is 5.84. The summed E-state index contributed by atoms with van der Waals surface area (Å²) < 4.78 is 0. The second kappa shape index (κ2) is 4.24. The number of nitrogens with zero attached hydrogens (tertiary/aromatic N) is 2. The number of nitrogens with one attached hydrogen (secondary N) is 1. The molecule has 4 nitrogen and oxygen atoms in total. The maximum absolute atomic E-state index is 11.6. The molecule has 4 heteroatoms. The molecule has 1 atom stereocenters. The lowest BCUT2D eigenvalue weighted by molar-refractivity contribution is 0.0621. The van der Waals surface area contributed by atoms with Crippen molar-refractivity contribution >= 4 is 6.03 Å². The van der Waals surface area contributed by atoms with E-state index in [9.17, 15) is 4.79 Å². The lowest BCUT2D eigenvalue weighted by Crippen LogP contribution is -2.54. The Hall–Kier alpha value is -0.770. The first-order valence-electron chi connectivity index (χ1n) is 6.28. The smallest absolute Gasteiger partial charge is 0.317 e. The maximum Gasteiger partial charge on any atom is 0.317 e. The van der Waals surface area contributed by atoms with Crippen molar-refractivity contribution in [3.63, 3.8) is 0 Å². The molecule has 0 aromatic rings. The third kappa shape index (κ3) is 2.32.